The van der Waals surface area contributed by atoms with Crippen molar-refractivity contribution in [2.24, 2.45) is 11.8 Å². The molecule has 0 aromatic heterocycles. The maximum absolute atomic E-state index is 12.6. The van der Waals surface area contributed by atoms with Crippen molar-refractivity contribution in [2.75, 3.05) is 0 Å². The van der Waals surface area contributed by atoms with Crippen molar-refractivity contribution in [3.63, 3.8) is 0 Å². The normalized spacial score (nSPS) is 18.7. The SMILES string of the molecule is O=C(NCc1ccc(Cl)cc1)[C@@H]1CCC[C@H]1C(=O)NCc1cc(Cl)cc(Cl)c1. The lowest BCUT2D eigenvalue weighted by Crippen LogP contribution is -2.39. The monoisotopic (exact) mass is 438 g/mol. The second kappa shape index (κ2) is 9.64. The number of hydrogen-bond donors (Lipinski definition) is 2. The van der Waals surface area contributed by atoms with Gasteiger partial charge in [-0.15, -0.1) is 0 Å². The lowest BCUT2D eigenvalue weighted by molar-refractivity contribution is -0.133. The summed E-state index contributed by atoms with van der Waals surface area (Å²) in [6, 6.07) is 12.5. The van der Waals surface area contributed by atoms with Crippen LogP contribution >= 0.6 is 34.8 Å². The average Bonchev–Trinajstić information content (AvgIpc) is 3.15. The van der Waals surface area contributed by atoms with Gasteiger partial charge in [0.1, 0.15) is 0 Å². The number of nitrogens with one attached hydrogen (secondary N) is 2. The number of hydrogen-bond acceptors (Lipinski definition) is 2. The van der Waals surface area contributed by atoms with Gasteiger partial charge in [-0.1, -0.05) is 53.4 Å². The summed E-state index contributed by atoms with van der Waals surface area (Å²) in [5.74, 6) is -0.825. The van der Waals surface area contributed by atoms with Gasteiger partial charge in [-0.05, 0) is 54.3 Å². The highest BCUT2D eigenvalue weighted by molar-refractivity contribution is 6.34. The van der Waals surface area contributed by atoms with Crippen LogP contribution in [0.3, 0.4) is 0 Å². The molecule has 0 heterocycles. The molecule has 0 aliphatic heterocycles. The van der Waals surface area contributed by atoms with Crippen LogP contribution in [0.1, 0.15) is 30.4 Å². The Labute approximate surface area is 179 Å². The van der Waals surface area contributed by atoms with Crippen molar-refractivity contribution < 1.29 is 9.59 Å². The van der Waals surface area contributed by atoms with Gasteiger partial charge in [0, 0.05) is 40.0 Å². The van der Waals surface area contributed by atoms with Crippen molar-refractivity contribution in [3.8, 4) is 0 Å². The van der Waals surface area contributed by atoms with Crippen LogP contribution in [0.15, 0.2) is 42.5 Å². The van der Waals surface area contributed by atoms with Crippen LogP contribution in [0.5, 0.6) is 0 Å². The molecule has 1 saturated carbocycles. The third-order valence-electron chi connectivity index (χ3n) is 4.96. The molecule has 7 heteroatoms. The summed E-state index contributed by atoms with van der Waals surface area (Å²) in [4.78, 5) is 25.3. The van der Waals surface area contributed by atoms with Crippen molar-refractivity contribution in [1.82, 2.24) is 10.6 Å². The third kappa shape index (κ3) is 5.63. The van der Waals surface area contributed by atoms with Gasteiger partial charge in [0.25, 0.3) is 0 Å². The fraction of sp³-hybridized carbons (Fsp3) is 0.333. The van der Waals surface area contributed by atoms with Crippen LogP contribution in [0, 0.1) is 11.8 Å². The minimum atomic E-state index is -0.320. The Hall–Kier alpha value is -1.75. The summed E-state index contributed by atoms with van der Waals surface area (Å²) < 4.78 is 0. The van der Waals surface area contributed by atoms with Gasteiger partial charge < -0.3 is 10.6 Å². The minimum Gasteiger partial charge on any atom is -0.352 e. The lowest BCUT2D eigenvalue weighted by atomic mass is 9.94. The molecule has 0 bridgehead atoms. The van der Waals surface area contributed by atoms with Gasteiger partial charge >= 0.3 is 0 Å². The zero-order valence-corrected chi connectivity index (χ0v) is 17.4. The minimum absolute atomic E-state index is 0.0848. The Bertz CT molecular complexity index is 835. The quantitative estimate of drug-likeness (QED) is 0.666. The van der Waals surface area contributed by atoms with Crippen molar-refractivity contribution in [3.05, 3.63) is 68.7 Å². The van der Waals surface area contributed by atoms with E-state index in [2.05, 4.69) is 10.6 Å². The molecule has 0 spiro atoms. The molecule has 2 aromatic rings. The number of carbonyl (C=O) groups excluding carboxylic acids is 2. The third-order valence-corrected chi connectivity index (χ3v) is 5.65. The molecule has 3 rings (SSSR count). The molecule has 2 atom stereocenters. The molecule has 1 fully saturated rings. The fourth-order valence-electron chi connectivity index (χ4n) is 3.54. The number of benzene rings is 2. The van der Waals surface area contributed by atoms with Gasteiger partial charge in [-0.3, -0.25) is 9.59 Å². The number of halogens is 3. The van der Waals surface area contributed by atoms with Crippen LogP contribution in [0.2, 0.25) is 15.1 Å². The summed E-state index contributed by atoms with van der Waals surface area (Å²) in [6.07, 6.45) is 2.29. The van der Waals surface area contributed by atoms with Crippen LogP contribution in [0.4, 0.5) is 0 Å². The van der Waals surface area contributed by atoms with Crippen molar-refractivity contribution in [1.29, 1.82) is 0 Å². The Balaban J connectivity index is 1.54. The van der Waals surface area contributed by atoms with E-state index in [1.54, 1.807) is 30.3 Å². The van der Waals surface area contributed by atoms with E-state index in [0.717, 1.165) is 17.5 Å². The first-order valence-electron chi connectivity index (χ1n) is 9.17. The van der Waals surface area contributed by atoms with E-state index in [1.165, 1.54) is 0 Å². The van der Waals surface area contributed by atoms with Crippen molar-refractivity contribution >= 4 is 46.6 Å². The number of rotatable bonds is 6. The van der Waals surface area contributed by atoms with E-state index in [4.69, 9.17) is 34.8 Å². The zero-order chi connectivity index (χ0) is 20.1. The molecule has 0 saturated heterocycles. The molecule has 1 aliphatic rings. The predicted molar refractivity (Wildman–Crippen MR) is 112 cm³/mol. The summed E-state index contributed by atoms with van der Waals surface area (Å²) >= 11 is 17.9. The Kier molecular flexibility index (Phi) is 7.22. The summed E-state index contributed by atoms with van der Waals surface area (Å²) in [7, 11) is 0. The highest BCUT2D eigenvalue weighted by atomic mass is 35.5. The molecule has 0 unspecified atom stereocenters. The topological polar surface area (TPSA) is 58.2 Å². The molecule has 2 amide bonds. The Morgan fingerprint density at radius 1 is 0.750 bits per heavy atom. The van der Waals surface area contributed by atoms with E-state index in [1.807, 2.05) is 12.1 Å². The summed E-state index contributed by atoms with van der Waals surface area (Å²) in [6.45, 7) is 0.747. The maximum atomic E-state index is 12.6. The van der Waals surface area contributed by atoms with Gasteiger partial charge in [0.05, 0.1) is 0 Å². The molecular formula is C21H21Cl3N2O2. The second-order valence-electron chi connectivity index (χ2n) is 6.98. The molecule has 4 nitrogen and oxygen atoms in total. The van der Waals surface area contributed by atoms with Gasteiger partial charge in [-0.2, -0.15) is 0 Å². The lowest BCUT2D eigenvalue weighted by Gasteiger charge is -2.19. The summed E-state index contributed by atoms with van der Waals surface area (Å²) in [5.41, 5.74) is 1.79. The molecule has 1 aliphatic carbocycles. The predicted octanol–water partition coefficient (Wildman–Crippen LogP) is 5.00. The van der Waals surface area contributed by atoms with E-state index in [9.17, 15) is 9.59 Å². The average molecular weight is 440 g/mol. The fourth-order valence-corrected chi connectivity index (χ4v) is 4.24. The van der Waals surface area contributed by atoms with Crippen molar-refractivity contribution in [2.45, 2.75) is 32.4 Å². The van der Waals surface area contributed by atoms with E-state index in [-0.39, 0.29) is 23.7 Å². The first kappa shape index (κ1) is 21.0. The van der Waals surface area contributed by atoms with E-state index in [0.29, 0.717) is 41.0 Å². The first-order valence-corrected chi connectivity index (χ1v) is 10.3. The van der Waals surface area contributed by atoms with E-state index >= 15 is 0 Å². The highest BCUT2D eigenvalue weighted by Gasteiger charge is 2.37. The standard InChI is InChI=1S/C21H21Cl3N2O2/c22-15-6-4-13(5-7-15)11-25-20(27)18-2-1-3-19(18)21(28)26-12-14-8-16(23)10-17(24)9-14/h4-10,18-19H,1-3,11-12H2,(H,25,27)(H,26,28)/t18-,19-/m1/s1. The van der Waals surface area contributed by atoms with Gasteiger partial charge in [-0.25, -0.2) is 0 Å². The second-order valence-corrected chi connectivity index (χ2v) is 8.29. The van der Waals surface area contributed by atoms with Crippen LogP contribution in [0.25, 0.3) is 0 Å². The molecule has 2 aromatic carbocycles. The maximum Gasteiger partial charge on any atom is 0.224 e. The Morgan fingerprint density at radius 3 is 1.79 bits per heavy atom. The molecule has 2 N–H and O–H groups in total. The molecule has 148 valence electrons. The Morgan fingerprint density at radius 2 is 1.25 bits per heavy atom. The highest BCUT2D eigenvalue weighted by Crippen LogP contribution is 2.32. The van der Waals surface area contributed by atoms with E-state index < -0.39 is 0 Å². The number of carbonyl (C=O) groups is 2. The van der Waals surface area contributed by atoms with Gasteiger partial charge in [0.15, 0.2) is 0 Å². The molecule has 28 heavy (non-hydrogen) atoms. The smallest absolute Gasteiger partial charge is 0.224 e. The molecule has 0 radical (unpaired) electrons. The largest absolute Gasteiger partial charge is 0.352 e. The number of amides is 2. The van der Waals surface area contributed by atoms with Crippen LogP contribution < -0.4 is 10.6 Å². The van der Waals surface area contributed by atoms with Gasteiger partial charge in [0.2, 0.25) is 11.8 Å². The van der Waals surface area contributed by atoms with Crippen LogP contribution in [-0.4, -0.2) is 11.8 Å². The van der Waals surface area contributed by atoms with Crippen LogP contribution in [-0.2, 0) is 22.7 Å². The molecular weight excluding hydrogens is 419 g/mol. The first-order chi connectivity index (χ1) is 13.4. The zero-order valence-electron chi connectivity index (χ0n) is 15.2. The summed E-state index contributed by atoms with van der Waals surface area (Å²) in [5, 5.41) is 7.55.